The van der Waals surface area contributed by atoms with Gasteiger partial charge in [0.1, 0.15) is 0 Å². The first-order valence-corrected chi connectivity index (χ1v) is 2.60. The van der Waals surface area contributed by atoms with Crippen molar-refractivity contribution in [3.63, 3.8) is 0 Å². The first kappa shape index (κ1) is 5.37. The summed E-state index contributed by atoms with van der Waals surface area (Å²) in [7, 11) is 0. The third-order valence-corrected chi connectivity index (χ3v) is 0.902. The molecule has 8 heavy (non-hydrogen) atoms. The zero-order valence-electron chi connectivity index (χ0n) is 4.34. The van der Waals surface area contributed by atoms with Gasteiger partial charge in [-0.1, -0.05) is 0 Å². The molecule has 0 bridgehead atoms. The van der Waals surface area contributed by atoms with Gasteiger partial charge in [-0.3, -0.25) is 0 Å². The van der Waals surface area contributed by atoms with Crippen molar-refractivity contribution in [3.05, 3.63) is 11.3 Å². The van der Waals surface area contributed by atoms with Crippen LogP contribution in [0, 0.1) is 0 Å². The second kappa shape index (κ2) is 2.00. The average Bonchev–Trinajstić information content (AvgIpc) is 2.14. The van der Waals surface area contributed by atoms with Crippen LogP contribution in [0.1, 0.15) is 6.92 Å². The number of ether oxygens (including phenoxy) is 1. The molecule has 4 heteroatoms. The zero-order valence-corrected chi connectivity index (χ0v) is 5.16. The molecule has 44 valence electrons. The van der Waals surface area contributed by atoms with E-state index in [1.165, 1.54) is 5.41 Å². The van der Waals surface area contributed by atoms with E-state index < -0.39 is 0 Å². The Bertz CT molecular complexity index is 152. The van der Waals surface area contributed by atoms with Gasteiger partial charge in [-0.2, -0.15) is 5.41 Å². The average molecular weight is 129 g/mol. The molecule has 0 saturated heterocycles. The Labute approximate surface area is 52.8 Å². The molecule has 3 nitrogen and oxygen atoms in total. The number of nitrogens with one attached hydrogen (secondary N) is 1. The van der Waals surface area contributed by atoms with Crippen molar-refractivity contribution in [2.45, 2.75) is 6.92 Å². The van der Waals surface area contributed by atoms with Crippen LogP contribution in [0.3, 0.4) is 0 Å². The highest BCUT2D eigenvalue weighted by atomic mass is 32.1. The van der Waals surface area contributed by atoms with Crippen LogP contribution >= 0.6 is 0 Å². The van der Waals surface area contributed by atoms with E-state index in [-0.39, 0.29) is 0 Å². The highest BCUT2D eigenvalue weighted by molar-refractivity contribution is 7.62. The highest BCUT2D eigenvalue weighted by Crippen LogP contribution is 1.99. The number of nitrogens with zero attached hydrogens (tertiary/aromatic N) is 1. The van der Waals surface area contributed by atoms with Gasteiger partial charge in [0.25, 0.3) is 0 Å². The number of hydrazone groups is 1. The van der Waals surface area contributed by atoms with E-state index >= 15 is 0 Å². The van der Waals surface area contributed by atoms with Gasteiger partial charge in [0.2, 0.25) is 5.90 Å². The van der Waals surface area contributed by atoms with Gasteiger partial charge >= 0.3 is 0 Å². The minimum atomic E-state index is 0.525. The Balaban J connectivity index is 2.56. The van der Waals surface area contributed by atoms with Crippen LogP contribution in [-0.2, 0) is 17.4 Å². The summed E-state index contributed by atoms with van der Waals surface area (Å²) in [5.74, 6) is 1.12. The van der Waals surface area contributed by atoms with Gasteiger partial charge in [-0.05, 0) is 0 Å². The third-order valence-electron chi connectivity index (χ3n) is 0.688. The van der Waals surface area contributed by atoms with E-state index in [4.69, 9.17) is 4.74 Å². The summed E-state index contributed by atoms with van der Waals surface area (Å²) in [6.07, 6.45) is 0. The second-order valence-electron chi connectivity index (χ2n) is 1.33. The lowest BCUT2D eigenvalue weighted by molar-refractivity contribution is 0.415. The maximum Gasteiger partial charge on any atom is 0.211 e. The first-order chi connectivity index (χ1) is 3.83. The van der Waals surface area contributed by atoms with Crippen molar-refractivity contribution < 1.29 is 4.74 Å². The van der Waals surface area contributed by atoms with Crippen LogP contribution in [0.15, 0.2) is 16.4 Å². The Morgan fingerprint density at radius 3 is 2.88 bits per heavy atom. The molecule has 0 atom stereocenters. The van der Waals surface area contributed by atoms with Crippen molar-refractivity contribution in [1.82, 2.24) is 5.43 Å². The van der Waals surface area contributed by atoms with E-state index in [9.17, 15) is 0 Å². The lowest BCUT2D eigenvalue weighted by Gasteiger charge is -1.97. The highest BCUT2D eigenvalue weighted by Gasteiger charge is 2.02. The van der Waals surface area contributed by atoms with Gasteiger partial charge in [-0.15, -0.1) is 5.10 Å². The number of hydrogen-bond acceptors (Lipinski definition) is 4. The SMILES string of the molecule is CC1=NNC(=C[S-])O1. The summed E-state index contributed by atoms with van der Waals surface area (Å²) in [6.45, 7) is 1.75. The van der Waals surface area contributed by atoms with E-state index in [2.05, 4.69) is 23.2 Å². The molecular formula is C4H5N2OS-. The molecule has 0 unspecified atom stereocenters. The Hall–Kier alpha value is -0.770. The second-order valence-corrected chi connectivity index (χ2v) is 1.56. The van der Waals surface area contributed by atoms with E-state index in [0.29, 0.717) is 11.8 Å². The van der Waals surface area contributed by atoms with Crippen LogP contribution in [0.2, 0.25) is 0 Å². The van der Waals surface area contributed by atoms with Gasteiger partial charge in [0, 0.05) is 6.92 Å². The minimum absolute atomic E-state index is 0.525. The fraction of sp³-hybridized carbons (Fsp3) is 0.250. The van der Waals surface area contributed by atoms with Crippen molar-refractivity contribution >= 4 is 18.5 Å². The van der Waals surface area contributed by atoms with Crippen LogP contribution in [0.4, 0.5) is 0 Å². The molecule has 0 spiro atoms. The molecule has 0 radical (unpaired) electrons. The van der Waals surface area contributed by atoms with E-state index in [1.54, 1.807) is 6.92 Å². The Morgan fingerprint density at radius 2 is 2.62 bits per heavy atom. The summed E-state index contributed by atoms with van der Waals surface area (Å²) in [5.41, 5.74) is 2.58. The molecular weight excluding hydrogens is 124 g/mol. The third kappa shape index (κ3) is 0.894. The summed E-state index contributed by atoms with van der Waals surface area (Å²) in [4.78, 5) is 0. The topological polar surface area (TPSA) is 33.6 Å². The Kier molecular flexibility index (Phi) is 1.34. The maximum atomic E-state index is 4.91. The molecule has 0 fully saturated rings. The fourth-order valence-electron chi connectivity index (χ4n) is 0.389. The smallest absolute Gasteiger partial charge is 0.211 e. The van der Waals surface area contributed by atoms with Crippen LogP contribution < -0.4 is 5.43 Å². The number of hydrogen-bond donors (Lipinski definition) is 1. The zero-order chi connectivity index (χ0) is 5.98. The van der Waals surface area contributed by atoms with Crippen molar-refractivity contribution in [2.75, 3.05) is 0 Å². The molecule has 1 aliphatic heterocycles. The molecule has 1 rings (SSSR count). The summed E-state index contributed by atoms with van der Waals surface area (Å²) >= 11 is 4.54. The molecule has 1 aliphatic rings. The van der Waals surface area contributed by atoms with E-state index in [1.807, 2.05) is 0 Å². The summed E-state index contributed by atoms with van der Waals surface area (Å²) < 4.78 is 4.91. The van der Waals surface area contributed by atoms with Crippen LogP contribution in [0.25, 0.3) is 0 Å². The van der Waals surface area contributed by atoms with Crippen molar-refractivity contribution in [2.24, 2.45) is 5.10 Å². The van der Waals surface area contributed by atoms with Gasteiger partial charge in [0.15, 0.2) is 5.88 Å². The molecule has 0 aliphatic carbocycles. The van der Waals surface area contributed by atoms with Crippen LogP contribution in [0.5, 0.6) is 0 Å². The van der Waals surface area contributed by atoms with Gasteiger partial charge < -0.3 is 17.4 Å². The summed E-state index contributed by atoms with van der Waals surface area (Å²) in [6, 6.07) is 0. The molecule has 0 aromatic carbocycles. The maximum absolute atomic E-state index is 4.91. The Morgan fingerprint density at radius 1 is 1.88 bits per heavy atom. The number of rotatable bonds is 0. The molecule has 0 aromatic heterocycles. The quantitative estimate of drug-likeness (QED) is 0.477. The predicted octanol–water partition coefficient (Wildman–Crippen LogP) is 0.285. The lowest BCUT2D eigenvalue weighted by Crippen LogP contribution is -1.97. The molecule has 0 aromatic rings. The van der Waals surface area contributed by atoms with Crippen LogP contribution in [-0.4, -0.2) is 5.90 Å². The monoisotopic (exact) mass is 129 g/mol. The van der Waals surface area contributed by atoms with Crippen molar-refractivity contribution in [3.8, 4) is 0 Å². The molecule has 0 amide bonds. The molecule has 0 saturated carbocycles. The first-order valence-electron chi connectivity index (χ1n) is 2.13. The van der Waals surface area contributed by atoms with Gasteiger partial charge in [-0.25, -0.2) is 5.43 Å². The molecule has 1 N–H and O–H groups in total. The molecule has 1 heterocycles. The summed E-state index contributed by atoms with van der Waals surface area (Å²) in [5, 5.41) is 5.10. The fourth-order valence-corrected chi connectivity index (χ4v) is 0.490. The standard InChI is InChI=1S/C4H6N2OS/c1-3-5-6-4(2-8)7-3/h2,6,8H,1H3/p-1. The van der Waals surface area contributed by atoms with Crippen molar-refractivity contribution in [1.29, 1.82) is 0 Å². The lowest BCUT2D eigenvalue weighted by atomic mass is 10.8. The normalized spacial score (nSPS) is 22.1. The largest absolute Gasteiger partial charge is 0.782 e. The predicted molar refractivity (Wildman–Crippen MR) is 32.8 cm³/mol. The van der Waals surface area contributed by atoms with Gasteiger partial charge in [0.05, 0.1) is 0 Å². The van der Waals surface area contributed by atoms with E-state index in [0.717, 1.165) is 0 Å². The minimum Gasteiger partial charge on any atom is -0.782 e.